The summed E-state index contributed by atoms with van der Waals surface area (Å²) in [4.78, 5) is 16.6. The number of carbonyl (C=O) groups is 1. The molecule has 1 aliphatic carbocycles. The van der Waals surface area contributed by atoms with E-state index in [1.165, 1.54) is 0 Å². The highest BCUT2D eigenvalue weighted by molar-refractivity contribution is 7.17. The smallest absolute Gasteiger partial charge is 0.407 e. The van der Waals surface area contributed by atoms with E-state index in [-0.39, 0.29) is 12.2 Å². The van der Waals surface area contributed by atoms with Gasteiger partial charge >= 0.3 is 6.09 Å². The van der Waals surface area contributed by atoms with E-state index >= 15 is 0 Å². The quantitative estimate of drug-likeness (QED) is 0.508. The maximum atomic E-state index is 12.0. The molecule has 2 aliphatic rings. The van der Waals surface area contributed by atoms with Crippen molar-refractivity contribution in [3.05, 3.63) is 29.3 Å². The molecule has 1 saturated carbocycles. The third-order valence-electron chi connectivity index (χ3n) is 5.44. The van der Waals surface area contributed by atoms with Gasteiger partial charge in [-0.2, -0.15) is 5.10 Å². The van der Waals surface area contributed by atoms with Crippen molar-refractivity contribution < 1.29 is 14.3 Å². The molecule has 6 bridgehead atoms. The summed E-state index contributed by atoms with van der Waals surface area (Å²) in [5, 5.41) is 15.9. The minimum atomic E-state index is -0.334. The number of thiophene rings is 1. The molecule has 3 N–H and O–H groups in total. The highest BCUT2D eigenvalue weighted by atomic mass is 32.1. The van der Waals surface area contributed by atoms with E-state index in [0.717, 1.165) is 59.5 Å². The molecule has 9 heteroatoms. The number of anilines is 2. The van der Waals surface area contributed by atoms with Crippen molar-refractivity contribution in [1.82, 2.24) is 20.5 Å². The predicted molar refractivity (Wildman–Crippen MR) is 111 cm³/mol. The van der Waals surface area contributed by atoms with Crippen molar-refractivity contribution in [3.63, 3.8) is 0 Å². The summed E-state index contributed by atoms with van der Waals surface area (Å²) in [5.74, 6) is 1.66. The minimum absolute atomic E-state index is 0.0459. The van der Waals surface area contributed by atoms with Crippen molar-refractivity contribution >= 4 is 39.2 Å². The molecule has 3 aromatic heterocycles. The second-order valence-corrected chi connectivity index (χ2v) is 8.41. The molecular formula is C20H23N5O3S. The van der Waals surface area contributed by atoms with Gasteiger partial charge in [0.2, 0.25) is 5.88 Å². The Bertz CT molecular complexity index is 1020. The number of amides is 1. The highest BCUT2D eigenvalue weighted by Crippen LogP contribution is 2.37. The van der Waals surface area contributed by atoms with Crippen LogP contribution in [0.4, 0.5) is 16.3 Å². The molecular weight excluding hydrogens is 390 g/mol. The first-order valence-electron chi connectivity index (χ1n) is 10.0. The van der Waals surface area contributed by atoms with Gasteiger partial charge in [-0.05, 0) is 43.6 Å². The van der Waals surface area contributed by atoms with Gasteiger partial charge in [0.15, 0.2) is 5.82 Å². The number of pyridine rings is 1. The van der Waals surface area contributed by atoms with E-state index in [4.69, 9.17) is 9.47 Å². The van der Waals surface area contributed by atoms with Gasteiger partial charge in [0.1, 0.15) is 6.10 Å². The molecule has 0 spiro atoms. The zero-order valence-corrected chi connectivity index (χ0v) is 16.8. The summed E-state index contributed by atoms with van der Waals surface area (Å²) in [7, 11) is 0. The Morgan fingerprint density at radius 2 is 2.17 bits per heavy atom. The van der Waals surface area contributed by atoms with E-state index in [9.17, 15) is 4.79 Å². The highest BCUT2D eigenvalue weighted by Gasteiger charge is 2.30. The Kier molecular flexibility index (Phi) is 4.97. The van der Waals surface area contributed by atoms with Crippen molar-refractivity contribution in [2.24, 2.45) is 0 Å². The normalized spacial score (nSPS) is 22.7. The molecule has 29 heavy (non-hydrogen) atoms. The number of rotatable bonds is 0. The average molecular weight is 414 g/mol. The maximum Gasteiger partial charge on any atom is 0.407 e. The fraction of sp³-hybridized carbons (Fsp3) is 0.450. The number of nitrogens with one attached hydrogen (secondary N) is 3. The lowest BCUT2D eigenvalue weighted by atomic mass is 10.0. The second kappa shape index (κ2) is 7.90. The maximum absolute atomic E-state index is 12.0. The number of carbonyl (C=O) groups excluding carboxylic acids is 1. The summed E-state index contributed by atoms with van der Waals surface area (Å²) >= 11 is 1.64. The van der Waals surface area contributed by atoms with Crippen LogP contribution < -0.4 is 15.4 Å². The summed E-state index contributed by atoms with van der Waals surface area (Å²) in [6.45, 7) is 1.11. The van der Waals surface area contributed by atoms with Crippen LogP contribution >= 0.6 is 11.3 Å². The van der Waals surface area contributed by atoms with Gasteiger partial charge in [-0.15, -0.1) is 11.3 Å². The first kappa shape index (κ1) is 18.2. The molecule has 0 aromatic carbocycles. The van der Waals surface area contributed by atoms with Crippen molar-refractivity contribution in [2.75, 3.05) is 18.5 Å². The Morgan fingerprint density at radius 3 is 3.14 bits per heavy atom. The summed E-state index contributed by atoms with van der Waals surface area (Å²) < 4.78 is 12.5. The summed E-state index contributed by atoms with van der Waals surface area (Å²) in [6, 6.07) is 5.96. The lowest BCUT2D eigenvalue weighted by Crippen LogP contribution is -2.29. The molecule has 0 radical (unpaired) electrons. The molecule has 4 heterocycles. The van der Waals surface area contributed by atoms with E-state index in [2.05, 4.69) is 25.8 Å². The van der Waals surface area contributed by atoms with Crippen molar-refractivity contribution in [3.8, 4) is 5.88 Å². The molecule has 3 aromatic rings. The molecule has 0 saturated heterocycles. The Labute approximate surface area is 172 Å². The molecule has 152 valence electrons. The van der Waals surface area contributed by atoms with Crippen LogP contribution in [0.3, 0.4) is 0 Å². The third kappa shape index (κ3) is 4.00. The first-order valence-corrected chi connectivity index (χ1v) is 10.9. The zero-order valence-electron chi connectivity index (χ0n) is 15.9. The minimum Gasteiger partial charge on any atom is -0.478 e. The summed E-state index contributed by atoms with van der Waals surface area (Å²) in [5.41, 5.74) is 2.91. The largest absolute Gasteiger partial charge is 0.478 e. The second-order valence-electron chi connectivity index (χ2n) is 7.50. The van der Waals surface area contributed by atoms with Crippen LogP contribution in [0.15, 0.2) is 23.6 Å². The van der Waals surface area contributed by atoms with Crippen LogP contribution in [0, 0.1) is 0 Å². The number of alkyl carbamates (subject to hydrolysis) is 1. The van der Waals surface area contributed by atoms with Gasteiger partial charge in [0.05, 0.1) is 22.5 Å². The Balaban J connectivity index is 1.43. The van der Waals surface area contributed by atoms with Crippen molar-refractivity contribution in [2.45, 2.75) is 44.1 Å². The lowest BCUT2D eigenvalue weighted by molar-refractivity contribution is 0.0999. The fourth-order valence-corrected chi connectivity index (χ4v) is 4.77. The summed E-state index contributed by atoms with van der Waals surface area (Å²) in [6.07, 6.45) is 3.92. The molecule has 1 fully saturated rings. The number of hydrogen-bond acceptors (Lipinski definition) is 7. The molecule has 5 rings (SSSR count). The van der Waals surface area contributed by atoms with Crippen LogP contribution in [-0.2, 0) is 4.74 Å². The van der Waals surface area contributed by atoms with Gasteiger partial charge in [0, 0.05) is 30.3 Å². The van der Waals surface area contributed by atoms with E-state index < -0.39 is 0 Å². The number of nitrogens with zero attached hydrogens (tertiary/aromatic N) is 2. The number of H-pyrrole nitrogens is 1. The molecule has 0 unspecified atom stereocenters. The number of aromatic nitrogens is 3. The number of aromatic amines is 1. The van der Waals surface area contributed by atoms with Crippen LogP contribution in [0.1, 0.15) is 43.7 Å². The lowest BCUT2D eigenvalue weighted by Gasteiger charge is -2.13. The van der Waals surface area contributed by atoms with Crippen LogP contribution in [0.2, 0.25) is 0 Å². The van der Waals surface area contributed by atoms with E-state index in [1.54, 1.807) is 11.3 Å². The molecule has 8 nitrogen and oxygen atoms in total. The van der Waals surface area contributed by atoms with Gasteiger partial charge in [-0.3, -0.25) is 5.10 Å². The Morgan fingerprint density at radius 1 is 1.21 bits per heavy atom. The van der Waals surface area contributed by atoms with Crippen molar-refractivity contribution in [1.29, 1.82) is 0 Å². The number of hydrogen-bond donors (Lipinski definition) is 3. The van der Waals surface area contributed by atoms with Crippen LogP contribution in [-0.4, -0.2) is 40.5 Å². The van der Waals surface area contributed by atoms with Crippen LogP contribution in [0.25, 0.3) is 10.2 Å². The number of ether oxygens (including phenoxy) is 2. The third-order valence-corrected chi connectivity index (χ3v) is 6.37. The SMILES string of the molecule is O=C1NCCCCOc2cc(c3sccc3n2)Nc2cc([nH]n2)[C@H]2CC[C@H](C2)O1. The first-order chi connectivity index (χ1) is 14.2. The molecule has 2 atom stereocenters. The molecule has 1 aliphatic heterocycles. The molecule has 1 amide bonds. The zero-order chi connectivity index (χ0) is 19.6. The van der Waals surface area contributed by atoms with E-state index in [1.807, 2.05) is 23.6 Å². The van der Waals surface area contributed by atoms with Gasteiger partial charge in [0.25, 0.3) is 0 Å². The van der Waals surface area contributed by atoms with E-state index in [0.29, 0.717) is 24.9 Å². The monoisotopic (exact) mass is 413 g/mol. The average Bonchev–Trinajstić information content (AvgIpc) is 3.44. The van der Waals surface area contributed by atoms with Gasteiger partial charge in [-0.25, -0.2) is 9.78 Å². The standard InChI is InChI=1S/C20H23N5O3S/c26-20-21-6-1-2-7-27-18-11-16(19-14(23-18)5-8-29-19)22-17-10-15(24-25-17)12-3-4-13(9-12)28-20/h5,8,10-13H,1-4,6-7,9H2,(H,21,26)(H2,22,24,25)/t12-,13+/m0/s1. The van der Waals surface area contributed by atoms with Gasteiger partial charge < -0.3 is 20.1 Å². The topological polar surface area (TPSA) is 101 Å². The number of fused-ring (bicyclic) bond motifs is 9. The predicted octanol–water partition coefficient (Wildman–Crippen LogP) is 4.30. The Hall–Kier alpha value is -2.81. The van der Waals surface area contributed by atoms with Gasteiger partial charge in [-0.1, -0.05) is 0 Å². The van der Waals surface area contributed by atoms with Crippen LogP contribution in [0.5, 0.6) is 5.88 Å². The fourth-order valence-electron chi connectivity index (χ4n) is 3.96.